The second kappa shape index (κ2) is 6.70. The molecule has 138 valence electrons. The number of carbonyl (C=O) groups excluding carboxylic acids is 1. The lowest BCUT2D eigenvalue weighted by molar-refractivity contribution is -0.385. The highest BCUT2D eigenvalue weighted by atomic mass is 35.5. The summed E-state index contributed by atoms with van der Waals surface area (Å²) in [5.41, 5.74) is 1.89. The second-order valence-corrected chi connectivity index (χ2v) is 6.91. The molecule has 0 spiro atoms. The molecule has 4 rings (SSSR count). The normalized spacial score (nSPS) is 13.7. The molecule has 2 aromatic carbocycles. The number of carbonyl (C=O) groups is 1. The molecular formula is C20H16ClNO5. The summed E-state index contributed by atoms with van der Waals surface area (Å²) in [7, 11) is 0. The van der Waals surface area contributed by atoms with Crippen LogP contribution in [0.3, 0.4) is 0 Å². The van der Waals surface area contributed by atoms with Crippen molar-refractivity contribution in [3.8, 4) is 11.3 Å². The lowest BCUT2D eigenvalue weighted by Crippen LogP contribution is -2.05. The number of furan rings is 1. The molecule has 1 aliphatic carbocycles. The fraction of sp³-hybridized carbons (Fsp3) is 0.250. The third kappa shape index (κ3) is 3.17. The number of hydrogen-bond acceptors (Lipinski definition) is 5. The van der Waals surface area contributed by atoms with Crippen molar-refractivity contribution in [1.29, 1.82) is 0 Å². The summed E-state index contributed by atoms with van der Waals surface area (Å²) in [6.07, 6.45) is 1.81. The summed E-state index contributed by atoms with van der Waals surface area (Å²) in [5, 5.41) is 12.6. The smallest absolute Gasteiger partial charge is 0.342 e. The van der Waals surface area contributed by atoms with Crippen molar-refractivity contribution in [2.75, 3.05) is 6.61 Å². The van der Waals surface area contributed by atoms with Crippen LogP contribution in [0.1, 0.15) is 41.6 Å². The minimum Gasteiger partial charge on any atom is -0.462 e. The molecule has 0 saturated heterocycles. The topological polar surface area (TPSA) is 82.6 Å². The van der Waals surface area contributed by atoms with E-state index in [2.05, 4.69) is 0 Å². The van der Waals surface area contributed by atoms with Gasteiger partial charge in [-0.05, 0) is 56.0 Å². The van der Waals surface area contributed by atoms with Crippen LogP contribution >= 0.6 is 11.6 Å². The Morgan fingerprint density at radius 3 is 2.59 bits per heavy atom. The first-order valence-corrected chi connectivity index (χ1v) is 9.05. The average molecular weight is 386 g/mol. The zero-order valence-corrected chi connectivity index (χ0v) is 15.3. The predicted molar refractivity (Wildman–Crippen MR) is 101 cm³/mol. The van der Waals surface area contributed by atoms with Gasteiger partial charge in [0, 0.05) is 21.5 Å². The molecule has 1 saturated carbocycles. The molecule has 7 heteroatoms. The van der Waals surface area contributed by atoms with Gasteiger partial charge in [0.25, 0.3) is 5.69 Å². The summed E-state index contributed by atoms with van der Waals surface area (Å²) >= 11 is 5.95. The van der Waals surface area contributed by atoms with Crippen LogP contribution in [0.2, 0.25) is 5.02 Å². The Bertz CT molecular complexity index is 1050. The van der Waals surface area contributed by atoms with E-state index in [0.29, 0.717) is 32.9 Å². The molecular weight excluding hydrogens is 370 g/mol. The zero-order chi connectivity index (χ0) is 19.1. The Balaban J connectivity index is 1.99. The average Bonchev–Trinajstić information content (AvgIpc) is 3.41. The van der Waals surface area contributed by atoms with E-state index in [1.165, 1.54) is 6.07 Å². The SMILES string of the molecule is CCOC(=O)c1c(-c2ccc(Cl)cc2)oc2cc([N+](=O)[O-])c(C3CC3)cc12. The van der Waals surface area contributed by atoms with Crippen LogP contribution < -0.4 is 0 Å². The third-order valence-corrected chi connectivity index (χ3v) is 4.89. The molecule has 27 heavy (non-hydrogen) atoms. The number of rotatable bonds is 5. The lowest BCUT2D eigenvalue weighted by Gasteiger charge is -2.04. The number of nitrogens with zero attached hydrogens (tertiary/aromatic N) is 1. The van der Waals surface area contributed by atoms with Crippen LogP contribution in [-0.2, 0) is 4.74 Å². The number of hydrogen-bond donors (Lipinski definition) is 0. The third-order valence-electron chi connectivity index (χ3n) is 4.64. The Hall–Kier alpha value is -2.86. The fourth-order valence-electron chi connectivity index (χ4n) is 3.24. The highest BCUT2D eigenvalue weighted by molar-refractivity contribution is 6.30. The van der Waals surface area contributed by atoms with Crippen LogP contribution in [0, 0.1) is 10.1 Å². The Morgan fingerprint density at radius 1 is 1.30 bits per heavy atom. The molecule has 1 fully saturated rings. The van der Waals surface area contributed by atoms with Crippen molar-refractivity contribution in [3.63, 3.8) is 0 Å². The maximum atomic E-state index is 12.7. The molecule has 0 bridgehead atoms. The molecule has 1 heterocycles. The number of nitro groups is 1. The van der Waals surface area contributed by atoms with Gasteiger partial charge in [0.2, 0.25) is 0 Å². The van der Waals surface area contributed by atoms with E-state index in [-0.39, 0.29) is 23.8 Å². The summed E-state index contributed by atoms with van der Waals surface area (Å²) in [5.74, 6) is -0.0436. The van der Waals surface area contributed by atoms with Gasteiger partial charge in [-0.3, -0.25) is 10.1 Å². The molecule has 0 radical (unpaired) electrons. The van der Waals surface area contributed by atoms with Gasteiger partial charge in [-0.25, -0.2) is 4.79 Å². The van der Waals surface area contributed by atoms with E-state index in [0.717, 1.165) is 12.8 Å². The van der Waals surface area contributed by atoms with E-state index in [1.807, 2.05) is 0 Å². The Labute approximate surface area is 159 Å². The van der Waals surface area contributed by atoms with Crippen molar-refractivity contribution >= 4 is 34.2 Å². The minimum atomic E-state index is -0.517. The molecule has 1 aliphatic rings. The van der Waals surface area contributed by atoms with E-state index in [1.54, 1.807) is 37.3 Å². The molecule has 6 nitrogen and oxygen atoms in total. The highest BCUT2D eigenvalue weighted by Crippen LogP contribution is 2.47. The van der Waals surface area contributed by atoms with Crippen molar-refractivity contribution in [2.45, 2.75) is 25.7 Å². The largest absolute Gasteiger partial charge is 0.462 e. The van der Waals surface area contributed by atoms with Gasteiger partial charge in [-0.15, -0.1) is 0 Å². The van der Waals surface area contributed by atoms with E-state index < -0.39 is 10.9 Å². The molecule has 0 unspecified atom stereocenters. The van der Waals surface area contributed by atoms with Gasteiger partial charge >= 0.3 is 5.97 Å². The van der Waals surface area contributed by atoms with Crippen molar-refractivity contribution in [1.82, 2.24) is 0 Å². The van der Waals surface area contributed by atoms with Gasteiger partial charge < -0.3 is 9.15 Å². The number of benzene rings is 2. The number of nitro benzene ring substituents is 1. The van der Waals surface area contributed by atoms with E-state index in [4.69, 9.17) is 20.8 Å². The number of esters is 1. The summed E-state index contributed by atoms with van der Waals surface area (Å²) < 4.78 is 11.1. The van der Waals surface area contributed by atoms with E-state index >= 15 is 0 Å². The maximum absolute atomic E-state index is 12.7. The summed E-state index contributed by atoms with van der Waals surface area (Å²) in [6, 6.07) is 9.97. The van der Waals surface area contributed by atoms with Gasteiger partial charge in [-0.2, -0.15) is 0 Å². The van der Waals surface area contributed by atoms with Crippen LogP contribution in [0.5, 0.6) is 0 Å². The van der Waals surface area contributed by atoms with Crippen LogP contribution in [-0.4, -0.2) is 17.5 Å². The van der Waals surface area contributed by atoms with Gasteiger partial charge in [0.15, 0.2) is 0 Å². The monoisotopic (exact) mass is 385 g/mol. The molecule has 0 aliphatic heterocycles. The molecule has 1 aromatic heterocycles. The summed E-state index contributed by atoms with van der Waals surface area (Å²) in [6.45, 7) is 1.94. The second-order valence-electron chi connectivity index (χ2n) is 6.47. The predicted octanol–water partition coefficient (Wildman–Crippen LogP) is 5.72. The number of ether oxygens (including phenoxy) is 1. The fourth-order valence-corrected chi connectivity index (χ4v) is 3.36. The van der Waals surface area contributed by atoms with E-state index in [9.17, 15) is 14.9 Å². The van der Waals surface area contributed by atoms with Gasteiger partial charge in [0.05, 0.1) is 17.6 Å². The minimum absolute atomic E-state index is 0.0248. The van der Waals surface area contributed by atoms with Crippen LogP contribution in [0.15, 0.2) is 40.8 Å². The first-order valence-electron chi connectivity index (χ1n) is 8.67. The first kappa shape index (κ1) is 17.5. The maximum Gasteiger partial charge on any atom is 0.342 e. The molecule has 0 N–H and O–H groups in total. The first-order chi connectivity index (χ1) is 13.0. The standard InChI is InChI=1S/C20H16ClNO5/c1-2-26-20(23)18-15-9-14(11-3-4-11)16(22(24)25)10-17(15)27-19(18)12-5-7-13(21)8-6-12/h5-11H,2-4H2,1H3. The number of fused-ring (bicyclic) bond motifs is 1. The molecule has 3 aromatic rings. The Morgan fingerprint density at radius 2 is 2.00 bits per heavy atom. The highest BCUT2D eigenvalue weighted by Gasteiger charge is 2.33. The lowest BCUT2D eigenvalue weighted by atomic mass is 10.0. The van der Waals surface area contributed by atoms with Crippen molar-refractivity contribution in [3.05, 3.63) is 62.7 Å². The quantitative estimate of drug-likeness (QED) is 0.319. The van der Waals surface area contributed by atoms with Crippen molar-refractivity contribution in [2.24, 2.45) is 0 Å². The van der Waals surface area contributed by atoms with Crippen molar-refractivity contribution < 1.29 is 18.9 Å². The zero-order valence-electron chi connectivity index (χ0n) is 14.5. The number of halogens is 1. The van der Waals surface area contributed by atoms with Gasteiger partial charge in [-0.1, -0.05) is 11.6 Å². The summed E-state index contributed by atoms with van der Waals surface area (Å²) in [4.78, 5) is 23.7. The molecule has 0 atom stereocenters. The Kier molecular flexibility index (Phi) is 4.36. The van der Waals surface area contributed by atoms with Crippen LogP contribution in [0.25, 0.3) is 22.3 Å². The van der Waals surface area contributed by atoms with Gasteiger partial charge in [0.1, 0.15) is 16.9 Å². The van der Waals surface area contributed by atoms with Crippen LogP contribution in [0.4, 0.5) is 5.69 Å². The molecule has 0 amide bonds.